The molecule has 0 heterocycles. The molecule has 0 saturated carbocycles. The number of hydrogen-bond acceptors (Lipinski definition) is 6. The Morgan fingerprint density at radius 3 is 1.70 bits per heavy atom. The predicted molar refractivity (Wildman–Crippen MR) is 26.6 cm³/mol. The van der Waals surface area contributed by atoms with Crippen LogP contribution in [-0.2, 0) is 13.6 Å². The van der Waals surface area contributed by atoms with Crippen LogP contribution >= 0.6 is 7.60 Å². The summed E-state index contributed by atoms with van der Waals surface area (Å²) in [5, 5.41) is 23.5. The number of hydrogen-bond donors (Lipinski definition) is 0. The van der Waals surface area contributed by atoms with E-state index in [2.05, 4.69) is 9.05 Å². The first-order valence-electron chi connectivity index (χ1n) is 1.85. The molecule has 6 nitrogen and oxygen atoms in total. The molecule has 0 amide bonds. The minimum Gasteiger partial charge on any atom is -0.329 e. The van der Waals surface area contributed by atoms with Gasteiger partial charge in [-0.1, -0.05) is 0 Å². The second-order valence-corrected chi connectivity index (χ2v) is 2.52. The van der Waals surface area contributed by atoms with Gasteiger partial charge >= 0.3 is 7.60 Å². The van der Waals surface area contributed by atoms with Crippen LogP contribution in [0, 0.1) is 34.1 Å². The molecule has 0 aliphatic carbocycles. The van der Waals surface area contributed by atoms with Crippen LogP contribution in [-0.4, -0.2) is 0 Å². The Labute approximate surface area is 56.3 Å². The molecule has 0 fully saturated rings. The molecule has 0 aromatic rings. The molecule has 0 aliphatic heterocycles. The summed E-state index contributed by atoms with van der Waals surface area (Å²) in [5.41, 5.74) is 0. The van der Waals surface area contributed by atoms with Gasteiger partial charge in [-0.05, 0) is 0 Å². The Hall–Kier alpha value is -1.70. The quantitative estimate of drug-likeness (QED) is 0.430. The molecule has 0 N–H and O–H groups in total. The van der Waals surface area contributed by atoms with Crippen molar-refractivity contribution in [3.63, 3.8) is 0 Å². The van der Waals surface area contributed by atoms with Crippen molar-refractivity contribution < 1.29 is 13.6 Å². The van der Waals surface area contributed by atoms with Crippen molar-refractivity contribution in [3.8, 4) is 18.3 Å². The van der Waals surface area contributed by atoms with Gasteiger partial charge in [0.15, 0.2) is 0 Å². The highest BCUT2D eigenvalue weighted by Crippen LogP contribution is 2.45. The summed E-state index contributed by atoms with van der Waals surface area (Å²) < 4.78 is 17.9. The highest BCUT2D eigenvalue weighted by atomic mass is 31.2. The van der Waals surface area contributed by atoms with Crippen LogP contribution in [0.3, 0.4) is 0 Å². The van der Waals surface area contributed by atoms with Crippen molar-refractivity contribution in [1.29, 1.82) is 15.8 Å². The third-order valence-electron chi connectivity index (χ3n) is 0.444. The van der Waals surface area contributed by atoms with Crippen LogP contribution < -0.4 is 0 Å². The molecular formula is C3N3O3P. The van der Waals surface area contributed by atoms with Crippen molar-refractivity contribution in [2.45, 2.75) is 0 Å². The van der Waals surface area contributed by atoms with E-state index >= 15 is 0 Å². The minimum atomic E-state index is -4.12. The van der Waals surface area contributed by atoms with E-state index in [9.17, 15) is 4.57 Å². The maximum atomic E-state index is 10.5. The van der Waals surface area contributed by atoms with Crippen molar-refractivity contribution >= 4 is 7.60 Å². The fourth-order valence-corrected chi connectivity index (χ4v) is 0.501. The Morgan fingerprint density at radius 1 is 1.10 bits per heavy atom. The second-order valence-electron chi connectivity index (χ2n) is 0.963. The van der Waals surface area contributed by atoms with Crippen molar-refractivity contribution in [3.05, 3.63) is 0 Å². The monoisotopic (exact) mass is 157 g/mol. The van der Waals surface area contributed by atoms with Gasteiger partial charge in [-0.2, -0.15) is 5.26 Å². The van der Waals surface area contributed by atoms with Gasteiger partial charge in [0.05, 0.1) is 0 Å². The molecule has 0 saturated heterocycles. The molecular weight excluding hydrogens is 157 g/mol. The number of nitrogens with zero attached hydrogens (tertiary/aromatic N) is 3. The molecule has 0 rings (SSSR count). The van der Waals surface area contributed by atoms with Gasteiger partial charge in [0.1, 0.15) is 0 Å². The molecule has 0 aromatic carbocycles. The predicted octanol–water partition coefficient (Wildman–Crippen LogP) is 0.656. The van der Waals surface area contributed by atoms with E-state index in [1.807, 2.05) is 0 Å². The summed E-state index contributed by atoms with van der Waals surface area (Å²) in [5.74, 6) is 1.05. The molecule has 0 bridgehead atoms. The highest BCUT2D eigenvalue weighted by molar-refractivity contribution is 7.59. The Balaban J connectivity index is 4.36. The molecule has 7 heteroatoms. The van der Waals surface area contributed by atoms with E-state index in [-0.39, 0.29) is 0 Å². The minimum absolute atomic E-state index is 0.982. The van der Waals surface area contributed by atoms with Crippen LogP contribution in [0.5, 0.6) is 0 Å². The molecule has 0 spiro atoms. The fraction of sp³-hybridized carbons (Fsp3) is 0. The maximum absolute atomic E-state index is 10.5. The number of rotatable bonds is 2. The van der Waals surface area contributed by atoms with Gasteiger partial charge in [-0.15, -0.1) is 10.5 Å². The van der Waals surface area contributed by atoms with Crippen LogP contribution in [0.15, 0.2) is 0 Å². The largest absolute Gasteiger partial charge is 0.555 e. The van der Waals surface area contributed by atoms with Crippen LogP contribution in [0.1, 0.15) is 0 Å². The first-order chi connectivity index (χ1) is 4.68. The first-order valence-corrected chi connectivity index (χ1v) is 3.39. The van der Waals surface area contributed by atoms with Gasteiger partial charge in [0, 0.05) is 0 Å². The molecule has 0 atom stereocenters. The van der Waals surface area contributed by atoms with Crippen molar-refractivity contribution in [2.24, 2.45) is 0 Å². The van der Waals surface area contributed by atoms with E-state index in [0.717, 1.165) is 18.3 Å². The topological polar surface area (TPSA) is 107 Å². The first kappa shape index (κ1) is 8.30. The lowest BCUT2D eigenvalue weighted by molar-refractivity contribution is 0.360. The molecule has 50 valence electrons. The van der Waals surface area contributed by atoms with E-state index in [1.54, 1.807) is 0 Å². The third kappa shape index (κ3) is 2.05. The molecule has 0 aromatic heterocycles. The van der Waals surface area contributed by atoms with Gasteiger partial charge in [-0.3, -0.25) is 0 Å². The zero-order valence-corrected chi connectivity index (χ0v) is 5.41. The van der Waals surface area contributed by atoms with Gasteiger partial charge in [0.25, 0.3) is 12.5 Å². The summed E-state index contributed by atoms with van der Waals surface area (Å²) in [6.45, 7) is 0. The van der Waals surface area contributed by atoms with E-state index in [4.69, 9.17) is 15.8 Å². The fourth-order valence-electron chi connectivity index (χ4n) is 0.167. The second kappa shape index (κ2) is 3.35. The van der Waals surface area contributed by atoms with Crippen molar-refractivity contribution in [2.75, 3.05) is 0 Å². The normalized spacial score (nSPS) is 8.10. The van der Waals surface area contributed by atoms with E-state index in [1.165, 1.54) is 0 Å². The molecule has 0 unspecified atom stereocenters. The van der Waals surface area contributed by atoms with Gasteiger partial charge < -0.3 is 9.05 Å². The summed E-state index contributed by atoms with van der Waals surface area (Å²) in [6.07, 6.45) is 1.96. The molecule has 0 radical (unpaired) electrons. The van der Waals surface area contributed by atoms with Crippen molar-refractivity contribution in [1.82, 2.24) is 0 Å². The Kier molecular flexibility index (Phi) is 2.78. The highest BCUT2D eigenvalue weighted by Gasteiger charge is 2.26. The zero-order chi connectivity index (χ0) is 8.04. The Bertz CT molecular complexity index is 259. The zero-order valence-electron chi connectivity index (χ0n) is 4.51. The Morgan fingerprint density at radius 2 is 1.50 bits per heavy atom. The lowest BCUT2D eigenvalue weighted by Crippen LogP contribution is -1.81. The van der Waals surface area contributed by atoms with Crippen LogP contribution in [0.25, 0.3) is 0 Å². The van der Waals surface area contributed by atoms with E-state index in [0.29, 0.717) is 0 Å². The lowest BCUT2D eigenvalue weighted by atomic mass is 11.6. The van der Waals surface area contributed by atoms with Crippen LogP contribution in [0.2, 0.25) is 0 Å². The smallest absolute Gasteiger partial charge is 0.329 e. The summed E-state index contributed by atoms with van der Waals surface area (Å²) in [4.78, 5) is 0. The molecule has 0 aliphatic rings. The number of nitriles is 3. The summed E-state index contributed by atoms with van der Waals surface area (Å²) >= 11 is 0. The van der Waals surface area contributed by atoms with Gasteiger partial charge in [0.2, 0.25) is 5.81 Å². The van der Waals surface area contributed by atoms with E-state index < -0.39 is 7.60 Å². The lowest BCUT2D eigenvalue weighted by Gasteiger charge is -1.96. The molecule has 10 heavy (non-hydrogen) atoms. The average Bonchev–Trinajstić information content (AvgIpc) is 1.89. The SMILES string of the molecule is N#COP(=O)(C#N)OC#N. The summed E-state index contributed by atoms with van der Waals surface area (Å²) in [6, 6.07) is 0. The third-order valence-corrected chi connectivity index (χ3v) is 1.33. The van der Waals surface area contributed by atoms with Crippen LogP contribution in [0.4, 0.5) is 0 Å². The maximum Gasteiger partial charge on any atom is 0.555 e. The van der Waals surface area contributed by atoms with Gasteiger partial charge in [-0.25, -0.2) is 4.57 Å². The standard InChI is InChI=1S/C3N3O3P/c4-1-8-10(7,3-6)9-2-5. The summed E-state index contributed by atoms with van der Waals surface area (Å²) in [7, 11) is -4.12. The average molecular weight is 157 g/mol.